The van der Waals surface area contributed by atoms with Gasteiger partial charge >= 0.3 is 0 Å². The van der Waals surface area contributed by atoms with Crippen molar-refractivity contribution in [3.63, 3.8) is 0 Å². The van der Waals surface area contributed by atoms with Crippen LogP contribution in [0.4, 0.5) is 0 Å². The Morgan fingerprint density at radius 1 is 1.12 bits per heavy atom. The van der Waals surface area contributed by atoms with E-state index in [1.165, 1.54) is 19.3 Å². The molecule has 17 heavy (non-hydrogen) atoms. The summed E-state index contributed by atoms with van der Waals surface area (Å²) in [5, 5.41) is 3.16. The van der Waals surface area contributed by atoms with Crippen LogP contribution in [0.25, 0.3) is 0 Å². The molecule has 0 unspecified atom stereocenters. The molecule has 96 valence electrons. The Hall–Kier alpha value is -0.640. The topological polar surface area (TPSA) is 55.1 Å². The van der Waals surface area contributed by atoms with Crippen molar-refractivity contribution in [2.45, 2.75) is 63.3 Å². The lowest BCUT2D eigenvalue weighted by atomic mass is 9.87. The molecule has 2 fully saturated rings. The Bertz CT molecular complexity index is 305. The fourth-order valence-electron chi connectivity index (χ4n) is 3.11. The van der Waals surface area contributed by atoms with Crippen LogP contribution in [0.1, 0.15) is 57.8 Å². The van der Waals surface area contributed by atoms with E-state index in [0.717, 1.165) is 38.5 Å². The highest BCUT2D eigenvalue weighted by Gasteiger charge is 2.39. The second-order valence-corrected chi connectivity index (χ2v) is 5.92. The van der Waals surface area contributed by atoms with Crippen molar-refractivity contribution in [2.24, 2.45) is 11.7 Å². The molecule has 0 bridgehead atoms. The predicted octanol–water partition coefficient (Wildman–Crippen LogP) is 2.28. The van der Waals surface area contributed by atoms with Gasteiger partial charge in [-0.15, -0.1) is 0 Å². The fourth-order valence-corrected chi connectivity index (χ4v) is 3.37. The Morgan fingerprint density at radius 2 is 1.71 bits per heavy atom. The number of carbonyl (C=O) groups is 1. The molecule has 0 saturated heterocycles. The fraction of sp³-hybridized carbons (Fsp3) is 0.846. The van der Waals surface area contributed by atoms with Gasteiger partial charge in [0.1, 0.15) is 0 Å². The highest BCUT2D eigenvalue weighted by Crippen LogP contribution is 2.31. The lowest BCUT2D eigenvalue weighted by Gasteiger charge is -2.32. The molecule has 2 saturated carbocycles. The monoisotopic (exact) mass is 254 g/mol. The van der Waals surface area contributed by atoms with E-state index in [4.69, 9.17) is 18.0 Å². The second-order valence-electron chi connectivity index (χ2n) is 5.48. The largest absolute Gasteiger partial charge is 0.391 e. The van der Waals surface area contributed by atoms with E-state index in [-0.39, 0.29) is 17.4 Å². The van der Waals surface area contributed by atoms with E-state index < -0.39 is 0 Å². The lowest BCUT2D eigenvalue weighted by molar-refractivity contribution is -0.127. The number of hydrogen-bond acceptors (Lipinski definition) is 2. The molecule has 0 aromatic heterocycles. The van der Waals surface area contributed by atoms with Crippen LogP contribution < -0.4 is 11.1 Å². The lowest BCUT2D eigenvalue weighted by Crippen LogP contribution is -2.56. The van der Waals surface area contributed by atoms with Crippen molar-refractivity contribution < 1.29 is 4.79 Å². The molecule has 3 N–H and O–H groups in total. The minimum Gasteiger partial charge on any atom is -0.391 e. The van der Waals surface area contributed by atoms with Crippen LogP contribution in [-0.2, 0) is 4.79 Å². The summed E-state index contributed by atoms with van der Waals surface area (Å²) in [6.07, 6.45) is 9.74. The van der Waals surface area contributed by atoms with Crippen molar-refractivity contribution in [3.05, 3.63) is 0 Å². The minimum atomic E-state index is -0.371. The third kappa shape index (κ3) is 2.79. The molecule has 2 aliphatic carbocycles. The van der Waals surface area contributed by atoms with E-state index in [0.29, 0.717) is 4.99 Å². The first kappa shape index (κ1) is 12.8. The van der Waals surface area contributed by atoms with E-state index in [2.05, 4.69) is 5.32 Å². The van der Waals surface area contributed by atoms with E-state index in [1.807, 2.05) is 0 Å². The van der Waals surface area contributed by atoms with Gasteiger partial charge < -0.3 is 11.1 Å². The number of carbonyl (C=O) groups excluding carboxylic acids is 1. The molecular weight excluding hydrogens is 232 g/mol. The van der Waals surface area contributed by atoms with E-state index in [9.17, 15) is 4.79 Å². The smallest absolute Gasteiger partial charge is 0.223 e. The molecule has 0 heterocycles. The molecule has 0 radical (unpaired) electrons. The average Bonchev–Trinajstić information content (AvgIpc) is 2.80. The summed E-state index contributed by atoms with van der Waals surface area (Å²) in [6, 6.07) is 0. The first-order valence-corrected chi connectivity index (χ1v) is 7.17. The van der Waals surface area contributed by atoms with Gasteiger partial charge in [0.15, 0.2) is 0 Å². The Morgan fingerprint density at radius 3 is 2.24 bits per heavy atom. The average molecular weight is 254 g/mol. The zero-order valence-corrected chi connectivity index (χ0v) is 11.2. The van der Waals surface area contributed by atoms with Crippen LogP contribution in [0.5, 0.6) is 0 Å². The maximum atomic E-state index is 12.2. The van der Waals surface area contributed by atoms with Crippen LogP contribution in [0.15, 0.2) is 0 Å². The molecule has 4 heteroatoms. The van der Waals surface area contributed by atoms with E-state index in [1.54, 1.807) is 0 Å². The molecule has 2 rings (SSSR count). The molecule has 0 aromatic carbocycles. The second kappa shape index (κ2) is 5.34. The van der Waals surface area contributed by atoms with Crippen molar-refractivity contribution in [3.8, 4) is 0 Å². The summed E-state index contributed by atoms with van der Waals surface area (Å²) in [5.41, 5.74) is 5.46. The third-order valence-electron chi connectivity index (χ3n) is 4.27. The summed E-state index contributed by atoms with van der Waals surface area (Å²) in [5.74, 6) is 0.370. The highest BCUT2D eigenvalue weighted by molar-refractivity contribution is 7.80. The van der Waals surface area contributed by atoms with Gasteiger partial charge in [0.25, 0.3) is 0 Å². The maximum absolute atomic E-state index is 12.2. The molecule has 0 aliphatic heterocycles. The van der Waals surface area contributed by atoms with Crippen LogP contribution in [0.2, 0.25) is 0 Å². The maximum Gasteiger partial charge on any atom is 0.223 e. The number of amides is 1. The normalized spacial score (nSPS) is 24.5. The van der Waals surface area contributed by atoms with Gasteiger partial charge in [-0.25, -0.2) is 0 Å². The number of hydrogen-bond donors (Lipinski definition) is 2. The predicted molar refractivity (Wildman–Crippen MR) is 72.7 cm³/mol. The minimum absolute atomic E-state index is 0.180. The van der Waals surface area contributed by atoms with Crippen molar-refractivity contribution >= 4 is 23.1 Å². The summed E-state index contributed by atoms with van der Waals surface area (Å²) < 4.78 is 0. The third-order valence-corrected chi connectivity index (χ3v) is 4.66. The van der Waals surface area contributed by atoms with Crippen molar-refractivity contribution in [1.82, 2.24) is 5.32 Å². The van der Waals surface area contributed by atoms with Gasteiger partial charge in [-0.05, 0) is 25.7 Å². The number of rotatable bonds is 3. The van der Waals surface area contributed by atoms with Gasteiger partial charge in [-0.3, -0.25) is 4.79 Å². The Labute approximate surface area is 109 Å². The van der Waals surface area contributed by atoms with E-state index >= 15 is 0 Å². The van der Waals surface area contributed by atoms with Gasteiger partial charge in [-0.1, -0.05) is 44.3 Å². The summed E-state index contributed by atoms with van der Waals surface area (Å²) in [7, 11) is 0. The Balaban J connectivity index is 1.98. The first-order valence-electron chi connectivity index (χ1n) is 6.76. The number of thiocarbonyl (C=S) groups is 1. The molecule has 0 atom stereocenters. The highest BCUT2D eigenvalue weighted by atomic mass is 32.1. The quantitative estimate of drug-likeness (QED) is 0.760. The van der Waals surface area contributed by atoms with Crippen LogP contribution in [0.3, 0.4) is 0 Å². The summed E-state index contributed by atoms with van der Waals surface area (Å²) in [6.45, 7) is 0. The molecule has 0 aromatic rings. The first-order chi connectivity index (χ1) is 8.14. The van der Waals surface area contributed by atoms with Gasteiger partial charge in [0.05, 0.1) is 10.5 Å². The molecule has 2 aliphatic rings. The van der Waals surface area contributed by atoms with Crippen LogP contribution >= 0.6 is 12.2 Å². The number of nitrogens with one attached hydrogen (secondary N) is 1. The zero-order valence-electron chi connectivity index (χ0n) is 10.3. The van der Waals surface area contributed by atoms with Gasteiger partial charge in [0.2, 0.25) is 5.91 Å². The Kier molecular flexibility index (Phi) is 4.02. The van der Waals surface area contributed by atoms with Crippen molar-refractivity contribution in [1.29, 1.82) is 0 Å². The zero-order chi connectivity index (χ0) is 12.3. The summed E-state index contributed by atoms with van der Waals surface area (Å²) >= 11 is 5.15. The van der Waals surface area contributed by atoms with Crippen LogP contribution in [0, 0.1) is 5.92 Å². The van der Waals surface area contributed by atoms with Crippen molar-refractivity contribution in [2.75, 3.05) is 0 Å². The van der Waals surface area contributed by atoms with Gasteiger partial charge in [0, 0.05) is 5.92 Å². The molecular formula is C13H22N2OS. The standard InChI is InChI=1S/C13H22N2OS/c14-12(17)13(8-4-5-9-13)15-11(16)10-6-2-1-3-7-10/h10H,1-9H2,(H2,14,17)(H,15,16). The SMILES string of the molecule is NC(=S)C1(NC(=O)C2CCCCC2)CCCC1. The summed E-state index contributed by atoms with van der Waals surface area (Å²) in [4.78, 5) is 12.7. The molecule has 0 spiro atoms. The molecule has 3 nitrogen and oxygen atoms in total. The molecule has 1 amide bonds. The number of nitrogens with two attached hydrogens (primary N) is 1. The van der Waals surface area contributed by atoms with Gasteiger partial charge in [-0.2, -0.15) is 0 Å². The van der Waals surface area contributed by atoms with Crippen LogP contribution in [-0.4, -0.2) is 16.4 Å².